The highest BCUT2D eigenvalue weighted by Crippen LogP contribution is 2.23. The number of hydrogen-bond donors (Lipinski definition) is 0. The van der Waals surface area contributed by atoms with Crippen LogP contribution in [0.4, 0.5) is 0 Å². The van der Waals surface area contributed by atoms with Gasteiger partial charge in [0, 0.05) is 19.0 Å². The number of carbonyl (C=O) groups is 1. The molecular formula is C14H19NO. The molecule has 0 N–H and O–H groups in total. The number of nitrogens with zero attached hydrogens (tertiary/aromatic N) is 1. The molecule has 1 aromatic carbocycles. The van der Waals surface area contributed by atoms with Crippen molar-refractivity contribution in [2.45, 2.75) is 46.2 Å². The summed E-state index contributed by atoms with van der Waals surface area (Å²) in [6.45, 7) is 7.15. The number of amides is 1. The maximum absolute atomic E-state index is 11.7. The number of likely N-dealkylation sites (tertiary alicyclic amines) is 1. The van der Waals surface area contributed by atoms with Gasteiger partial charge in [0.15, 0.2) is 0 Å². The standard InChI is InChI=1S/C14H19NO/c1-10-5-4-6-11(2)13(10)9-15-12(3)7-8-14(15)16/h4-6,12H,7-9H2,1-3H3. The summed E-state index contributed by atoms with van der Waals surface area (Å²) in [5, 5.41) is 0. The van der Waals surface area contributed by atoms with Crippen LogP contribution in [0.25, 0.3) is 0 Å². The summed E-state index contributed by atoms with van der Waals surface area (Å²) < 4.78 is 0. The summed E-state index contributed by atoms with van der Waals surface area (Å²) in [5.41, 5.74) is 3.88. The number of carbonyl (C=O) groups excluding carboxylic acids is 1. The highest BCUT2D eigenvalue weighted by molar-refractivity contribution is 5.78. The summed E-state index contributed by atoms with van der Waals surface area (Å²) >= 11 is 0. The lowest BCUT2D eigenvalue weighted by Crippen LogP contribution is -2.30. The normalized spacial score (nSPS) is 20.6. The SMILES string of the molecule is Cc1cccc(C)c1CN1C(=O)CCC1C. The van der Waals surface area contributed by atoms with Gasteiger partial charge in [0.1, 0.15) is 0 Å². The predicted octanol–water partition coefficient (Wildman–Crippen LogP) is 2.81. The van der Waals surface area contributed by atoms with Crippen molar-refractivity contribution < 1.29 is 4.79 Å². The van der Waals surface area contributed by atoms with Gasteiger partial charge >= 0.3 is 0 Å². The Labute approximate surface area is 97.3 Å². The molecule has 1 atom stereocenters. The molecule has 1 heterocycles. The lowest BCUT2D eigenvalue weighted by atomic mass is 10.0. The molecule has 1 fully saturated rings. The van der Waals surface area contributed by atoms with Crippen molar-refractivity contribution in [3.8, 4) is 0 Å². The van der Waals surface area contributed by atoms with Gasteiger partial charge in [-0.3, -0.25) is 4.79 Å². The van der Waals surface area contributed by atoms with E-state index in [1.165, 1.54) is 16.7 Å². The molecule has 1 saturated heterocycles. The summed E-state index contributed by atoms with van der Waals surface area (Å²) in [7, 11) is 0. The van der Waals surface area contributed by atoms with Gasteiger partial charge in [-0.1, -0.05) is 18.2 Å². The molecule has 1 unspecified atom stereocenters. The van der Waals surface area contributed by atoms with Crippen molar-refractivity contribution in [3.05, 3.63) is 34.9 Å². The van der Waals surface area contributed by atoms with E-state index in [1.54, 1.807) is 0 Å². The summed E-state index contributed by atoms with van der Waals surface area (Å²) in [5.74, 6) is 0.301. The van der Waals surface area contributed by atoms with Crippen LogP contribution in [0.2, 0.25) is 0 Å². The Morgan fingerprint density at radius 3 is 2.44 bits per heavy atom. The minimum Gasteiger partial charge on any atom is -0.336 e. The molecule has 0 aromatic heterocycles. The van der Waals surface area contributed by atoms with Gasteiger partial charge < -0.3 is 4.90 Å². The minimum absolute atomic E-state index is 0.301. The largest absolute Gasteiger partial charge is 0.336 e. The fraction of sp³-hybridized carbons (Fsp3) is 0.500. The Bertz CT molecular complexity index is 391. The Kier molecular flexibility index (Phi) is 2.99. The molecule has 0 spiro atoms. The monoisotopic (exact) mass is 217 g/mol. The average Bonchev–Trinajstić information content (AvgIpc) is 2.54. The van der Waals surface area contributed by atoms with Gasteiger partial charge in [0.25, 0.3) is 0 Å². The Morgan fingerprint density at radius 1 is 1.31 bits per heavy atom. The van der Waals surface area contributed by atoms with Crippen LogP contribution in [-0.2, 0) is 11.3 Å². The number of benzene rings is 1. The van der Waals surface area contributed by atoms with Crippen LogP contribution in [-0.4, -0.2) is 16.8 Å². The van der Waals surface area contributed by atoms with Crippen LogP contribution < -0.4 is 0 Å². The molecule has 16 heavy (non-hydrogen) atoms. The second-order valence-electron chi connectivity index (χ2n) is 4.78. The average molecular weight is 217 g/mol. The van der Waals surface area contributed by atoms with Crippen LogP contribution in [0.5, 0.6) is 0 Å². The third kappa shape index (κ3) is 1.97. The molecule has 2 rings (SSSR count). The van der Waals surface area contributed by atoms with E-state index in [4.69, 9.17) is 0 Å². The quantitative estimate of drug-likeness (QED) is 0.746. The van der Waals surface area contributed by atoms with E-state index in [1.807, 2.05) is 4.90 Å². The lowest BCUT2D eigenvalue weighted by Gasteiger charge is -2.23. The van der Waals surface area contributed by atoms with Gasteiger partial charge in [-0.2, -0.15) is 0 Å². The molecule has 0 bridgehead atoms. The summed E-state index contributed by atoms with van der Waals surface area (Å²) in [4.78, 5) is 13.7. The molecule has 86 valence electrons. The van der Waals surface area contributed by atoms with Crippen molar-refractivity contribution in [2.75, 3.05) is 0 Å². The van der Waals surface area contributed by atoms with Gasteiger partial charge in [-0.05, 0) is 43.9 Å². The van der Waals surface area contributed by atoms with Crippen molar-refractivity contribution >= 4 is 5.91 Å². The molecule has 1 aromatic rings. The van der Waals surface area contributed by atoms with E-state index in [2.05, 4.69) is 39.0 Å². The maximum Gasteiger partial charge on any atom is 0.223 e. The van der Waals surface area contributed by atoms with Gasteiger partial charge in [-0.25, -0.2) is 0 Å². The second-order valence-corrected chi connectivity index (χ2v) is 4.78. The summed E-state index contributed by atoms with van der Waals surface area (Å²) in [6.07, 6.45) is 1.72. The zero-order chi connectivity index (χ0) is 11.7. The topological polar surface area (TPSA) is 20.3 Å². The van der Waals surface area contributed by atoms with Crippen molar-refractivity contribution in [2.24, 2.45) is 0 Å². The van der Waals surface area contributed by atoms with Gasteiger partial charge in [-0.15, -0.1) is 0 Å². The molecular weight excluding hydrogens is 198 g/mol. The molecule has 0 radical (unpaired) electrons. The fourth-order valence-corrected chi connectivity index (χ4v) is 2.39. The smallest absolute Gasteiger partial charge is 0.223 e. The maximum atomic E-state index is 11.7. The van der Waals surface area contributed by atoms with Crippen molar-refractivity contribution in [1.29, 1.82) is 0 Å². The van der Waals surface area contributed by atoms with Crippen LogP contribution in [0.3, 0.4) is 0 Å². The number of rotatable bonds is 2. The van der Waals surface area contributed by atoms with Crippen LogP contribution in [0.15, 0.2) is 18.2 Å². The predicted molar refractivity (Wildman–Crippen MR) is 65.2 cm³/mol. The molecule has 1 aliphatic rings. The van der Waals surface area contributed by atoms with Crippen LogP contribution in [0.1, 0.15) is 36.5 Å². The zero-order valence-electron chi connectivity index (χ0n) is 10.3. The van der Waals surface area contributed by atoms with Gasteiger partial charge in [0.2, 0.25) is 5.91 Å². The molecule has 2 heteroatoms. The van der Waals surface area contributed by atoms with E-state index >= 15 is 0 Å². The Hall–Kier alpha value is -1.31. The zero-order valence-corrected chi connectivity index (χ0v) is 10.3. The molecule has 0 aliphatic carbocycles. The van der Waals surface area contributed by atoms with E-state index < -0.39 is 0 Å². The van der Waals surface area contributed by atoms with Gasteiger partial charge in [0.05, 0.1) is 0 Å². The van der Waals surface area contributed by atoms with Crippen molar-refractivity contribution in [1.82, 2.24) is 4.90 Å². The van der Waals surface area contributed by atoms with E-state index in [-0.39, 0.29) is 0 Å². The molecule has 1 amide bonds. The number of aryl methyl sites for hydroxylation is 2. The fourth-order valence-electron chi connectivity index (χ4n) is 2.39. The van der Waals surface area contributed by atoms with E-state index in [0.29, 0.717) is 18.4 Å². The molecule has 0 saturated carbocycles. The highest BCUT2D eigenvalue weighted by Gasteiger charge is 2.27. The lowest BCUT2D eigenvalue weighted by molar-refractivity contribution is -0.129. The van der Waals surface area contributed by atoms with Crippen LogP contribution >= 0.6 is 0 Å². The van der Waals surface area contributed by atoms with E-state index in [9.17, 15) is 4.79 Å². The van der Waals surface area contributed by atoms with E-state index in [0.717, 1.165) is 13.0 Å². The Morgan fingerprint density at radius 2 is 1.94 bits per heavy atom. The first-order chi connectivity index (χ1) is 7.59. The summed E-state index contributed by atoms with van der Waals surface area (Å²) in [6, 6.07) is 6.70. The second kappa shape index (κ2) is 4.28. The third-order valence-corrected chi connectivity index (χ3v) is 3.60. The molecule has 2 nitrogen and oxygen atoms in total. The highest BCUT2D eigenvalue weighted by atomic mass is 16.2. The third-order valence-electron chi connectivity index (χ3n) is 3.60. The first-order valence-electron chi connectivity index (χ1n) is 5.94. The van der Waals surface area contributed by atoms with Crippen molar-refractivity contribution in [3.63, 3.8) is 0 Å². The van der Waals surface area contributed by atoms with Crippen LogP contribution in [0, 0.1) is 13.8 Å². The molecule has 1 aliphatic heterocycles. The first kappa shape index (κ1) is 11.2. The minimum atomic E-state index is 0.301. The first-order valence-corrected chi connectivity index (χ1v) is 5.94. The number of hydrogen-bond acceptors (Lipinski definition) is 1. The Balaban J connectivity index is 2.23.